The number of nitrogens with one attached hydrogen (secondary N) is 1. The molecule has 1 atom stereocenters. The van der Waals surface area contributed by atoms with Crippen molar-refractivity contribution in [1.29, 1.82) is 0 Å². The highest BCUT2D eigenvalue weighted by Crippen LogP contribution is 2.22. The number of aryl methyl sites for hydroxylation is 3. The van der Waals surface area contributed by atoms with Crippen molar-refractivity contribution in [2.75, 3.05) is 20.3 Å². The highest BCUT2D eigenvalue weighted by atomic mass is 16.5. The van der Waals surface area contributed by atoms with Gasteiger partial charge in [0.05, 0.1) is 20.1 Å². The zero-order valence-electron chi connectivity index (χ0n) is 14.3. The van der Waals surface area contributed by atoms with E-state index >= 15 is 0 Å². The van der Waals surface area contributed by atoms with Crippen molar-refractivity contribution in [1.82, 2.24) is 5.32 Å². The summed E-state index contributed by atoms with van der Waals surface area (Å²) < 4.78 is 10.3. The highest BCUT2D eigenvalue weighted by molar-refractivity contribution is 5.89. The van der Waals surface area contributed by atoms with Gasteiger partial charge in [-0.2, -0.15) is 0 Å². The van der Waals surface area contributed by atoms with Crippen LogP contribution in [0.3, 0.4) is 0 Å². The number of hydrogen-bond donors (Lipinski definition) is 1. The molecule has 1 heterocycles. The fourth-order valence-electron chi connectivity index (χ4n) is 3.26. The molecule has 23 heavy (non-hydrogen) atoms. The van der Waals surface area contributed by atoms with E-state index < -0.39 is 11.5 Å². The average molecular weight is 319 g/mol. The van der Waals surface area contributed by atoms with Gasteiger partial charge in [-0.15, -0.1) is 0 Å². The van der Waals surface area contributed by atoms with Crippen LogP contribution in [0.5, 0.6) is 0 Å². The van der Waals surface area contributed by atoms with Crippen LogP contribution in [0.2, 0.25) is 0 Å². The maximum Gasteiger partial charge on any atom is 0.334 e. The van der Waals surface area contributed by atoms with Crippen LogP contribution in [0.4, 0.5) is 0 Å². The van der Waals surface area contributed by atoms with Crippen molar-refractivity contribution >= 4 is 11.9 Å². The predicted octanol–water partition coefficient (Wildman–Crippen LogP) is 1.99. The molecule has 126 valence electrons. The van der Waals surface area contributed by atoms with Gasteiger partial charge in [-0.05, 0) is 50.3 Å². The first-order valence-corrected chi connectivity index (χ1v) is 7.92. The second-order valence-corrected chi connectivity index (χ2v) is 6.33. The van der Waals surface area contributed by atoms with E-state index in [9.17, 15) is 9.59 Å². The molecule has 0 bridgehead atoms. The van der Waals surface area contributed by atoms with E-state index in [1.54, 1.807) is 0 Å². The molecule has 5 nitrogen and oxygen atoms in total. The fraction of sp³-hybridized carbons (Fsp3) is 0.556. The van der Waals surface area contributed by atoms with Gasteiger partial charge in [0, 0.05) is 6.61 Å². The summed E-state index contributed by atoms with van der Waals surface area (Å²) in [5, 5.41) is 2.86. The molecule has 1 aliphatic rings. The van der Waals surface area contributed by atoms with Crippen LogP contribution < -0.4 is 5.32 Å². The maximum atomic E-state index is 12.5. The third kappa shape index (κ3) is 3.91. The molecule has 1 amide bonds. The summed E-state index contributed by atoms with van der Waals surface area (Å²) in [5.74, 6) is -0.626. The number of rotatable bonds is 4. The van der Waals surface area contributed by atoms with Gasteiger partial charge in [-0.3, -0.25) is 4.79 Å². The van der Waals surface area contributed by atoms with Crippen LogP contribution >= 0.6 is 0 Å². The van der Waals surface area contributed by atoms with E-state index in [-0.39, 0.29) is 18.9 Å². The minimum atomic E-state index is -1.06. The topological polar surface area (TPSA) is 64.6 Å². The minimum Gasteiger partial charge on any atom is -0.467 e. The third-order valence-corrected chi connectivity index (χ3v) is 4.37. The van der Waals surface area contributed by atoms with Crippen LogP contribution in [0, 0.1) is 20.8 Å². The minimum absolute atomic E-state index is 0.164. The molecule has 0 aromatic heterocycles. The Kier molecular flexibility index (Phi) is 5.42. The van der Waals surface area contributed by atoms with E-state index in [1.807, 2.05) is 20.8 Å². The number of hydrogen-bond acceptors (Lipinski definition) is 4. The Morgan fingerprint density at radius 3 is 2.43 bits per heavy atom. The fourth-order valence-corrected chi connectivity index (χ4v) is 3.26. The van der Waals surface area contributed by atoms with E-state index in [2.05, 4.69) is 17.4 Å². The smallest absolute Gasteiger partial charge is 0.334 e. The van der Waals surface area contributed by atoms with Gasteiger partial charge in [0.15, 0.2) is 5.54 Å². The third-order valence-electron chi connectivity index (χ3n) is 4.37. The number of carbonyl (C=O) groups excluding carboxylic acids is 2. The Labute approximate surface area is 137 Å². The summed E-state index contributed by atoms with van der Waals surface area (Å²) in [7, 11) is 1.33. The van der Waals surface area contributed by atoms with Crippen molar-refractivity contribution in [2.45, 2.75) is 45.6 Å². The van der Waals surface area contributed by atoms with Crippen molar-refractivity contribution < 1.29 is 19.1 Å². The Balaban J connectivity index is 2.15. The number of carbonyl (C=O) groups is 2. The van der Waals surface area contributed by atoms with E-state index in [4.69, 9.17) is 9.47 Å². The van der Waals surface area contributed by atoms with Crippen LogP contribution in [-0.2, 0) is 25.5 Å². The molecule has 5 heteroatoms. The monoisotopic (exact) mass is 319 g/mol. The number of amides is 1. The average Bonchev–Trinajstić information content (AvgIpc) is 2.51. The lowest BCUT2D eigenvalue weighted by Crippen LogP contribution is -2.60. The molecule has 0 spiro atoms. The molecule has 1 aliphatic heterocycles. The van der Waals surface area contributed by atoms with Gasteiger partial charge >= 0.3 is 5.97 Å². The van der Waals surface area contributed by atoms with Gasteiger partial charge < -0.3 is 14.8 Å². The molecule has 0 saturated carbocycles. The van der Waals surface area contributed by atoms with Crippen molar-refractivity contribution in [2.24, 2.45) is 0 Å². The second kappa shape index (κ2) is 7.13. The number of ether oxygens (including phenoxy) is 2. The predicted molar refractivity (Wildman–Crippen MR) is 87.3 cm³/mol. The molecule has 2 rings (SSSR count). The molecule has 1 N–H and O–H groups in total. The largest absolute Gasteiger partial charge is 0.467 e. The molecule has 1 aromatic rings. The first-order chi connectivity index (χ1) is 10.9. The number of esters is 1. The lowest BCUT2D eigenvalue weighted by Gasteiger charge is -2.35. The molecular formula is C18H25NO4. The van der Waals surface area contributed by atoms with E-state index in [1.165, 1.54) is 12.7 Å². The van der Waals surface area contributed by atoms with E-state index in [0.717, 1.165) is 23.1 Å². The number of methoxy groups -OCH3 is 1. The Bertz CT molecular complexity index is 580. The van der Waals surface area contributed by atoms with Crippen LogP contribution in [0.15, 0.2) is 12.1 Å². The van der Waals surface area contributed by atoms with Crippen molar-refractivity contribution in [3.05, 3.63) is 34.4 Å². The summed E-state index contributed by atoms with van der Waals surface area (Å²) in [5.41, 5.74) is 3.30. The SMILES string of the molecule is COC(=O)C1(NC(=O)Cc2c(C)cc(C)cc2C)CCCOC1. The quantitative estimate of drug-likeness (QED) is 0.862. The molecule has 1 aromatic carbocycles. The maximum absolute atomic E-state index is 12.5. The summed E-state index contributed by atoms with van der Waals surface area (Å²) in [6, 6.07) is 4.13. The molecule has 1 saturated heterocycles. The van der Waals surface area contributed by atoms with Gasteiger partial charge in [0.25, 0.3) is 0 Å². The zero-order chi connectivity index (χ0) is 17.0. The van der Waals surface area contributed by atoms with Crippen LogP contribution in [0.25, 0.3) is 0 Å². The van der Waals surface area contributed by atoms with Crippen molar-refractivity contribution in [3.8, 4) is 0 Å². The molecule has 1 unspecified atom stereocenters. The second-order valence-electron chi connectivity index (χ2n) is 6.33. The summed E-state index contributed by atoms with van der Waals surface area (Å²) in [6.45, 7) is 6.81. The Morgan fingerprint density at radius 2 is 1.91 bits per heavy atom. The van der Waals surface area contributed by atoms with Crippen LogP contribution in [-0.4, -0.2) is 37.7 Å². The standard InChI is InChI=1S/C18H25NO4/c1-12-8-13(2)15(14(3)9-12)10-16(20)19-18(17(21)22-4)6-5-7-23-11-18/h8-9H,5-7,10-11H2,1-4H3,(H,19,20). The van der Waals surface area contributed by atoms with Gasteiger partial charge in [0.2, 0.25) is 5.91 Å². The van der Waals surface area contributed by atoms with Gasteiger partial charge in [0.1, 0.15) is 0 Å². The van der Waals surface area contributed by atoms with Gasteiger partial charge in [-0.25, -0.2) is 4.79 Å². The normalized spacial score (nSPS) is 20.9. The first kappa shape index (κ1) is 17.5. The van der Waals surface area contributed by atoms with Crippen LogP contribution in [0.1, 0.15) is 35.1 Å². The Hall–Kier alpha value is -1.88. The summed E-state index contributed by atoms with van der Waals surface area (Å²) in [6.07, 6.45) is 1.51. The number of benzene rings is 1. The van der Waals surface area contributed by atoms with Crippen molar-refractivity contribution in [3.63, 3.8) is 0 Å². The van der Waals surface area contributed by atoms with E-state index in [0.29, 0.717) is 13.0 Å². The summed E-state index contributed by atoms with van der Waals surface area (Å²) >= 11 is 0. The highest BCUT2D eigenvalue weighted by Gasteiger charge is 2.43. The summed E-state index contributed by atoms with van der Waals surface area (Å²) in [4.78, 5) is 24.7. The zero-order valence-corrected chi connectivity index (χ0v) is 14.3. The molecule has 0 radical (unpaired) electrons. The first-order valence-electron chi connectivity index (χ1n) is 7.92. The molecule has 1 fully saturated rings. The Morgan fingerprint density at radius 1 is 1.26 bits per heavy atom. The van der Waals surface area contributed by atoms with Gasteiger partial charge in [-0.1, -0.05) is 17.7 Å². The lowest BCUT2D eigenvalue weighted by atomic mass is 9.91. The molecule has 0 aliphatic carbocycles. The lowest BCUT2D eigenvalue weighted by molar-refractivity contribution is -0.157. The molecular weight excluding hydrogens is 294 g/mol.